The molecule has 2 heterocycles. The Bertz CT molecular complexity index is 335. The standard InChI is InChI=1S/C10H14N2OS/c1-7-12-6-9(14-7)5-8-3-2-4-11-10(8)13/h6,8H,2-5H2,1H3,(H,11,13). The number of piperidine rings is 1. The Hall–Kier alpha value is -0.900. The van der Waals surface area contributed by atoms with Crippen LogP contribution in [-0.2, 0) is 11.2 Å². The van der Waals surface area contributed by atoms with Crippen molar-refractivity contribution in [1.29, 1.82) is 0 Å². The summed E-state index contributed by atoms with van der Waals surface area (Å²) in [5.74, 6) is 0.380. The Kier molecular flexibility index (Phi) is 2.82. The molecule has 0 radical (unpaired) electrons. The molecule has 1 aromatic rings. The summed E-state index contributed by atoms with van der Waals surface area (Å²) in [6, 6.07) is 0. The second kappa shape index (κ2) is 4.09. The largest absolute Gasteiger partial charge is 0.356 e. The molecule has 0 spiro atoms. The number of amides is 1. The molecule has 0 saturated carbocycles. The summed E-state index contributed by atoms with van der Waals surface area (Å²) in [4.78, 5) is 16.9. The highest BCUT2D eigenvalue weighted by Crippen LogP contribution is 2.21. The molecule has 14 heavy (non-hydrogen) atoms. The van der Waals surface area contributed by atoms with Gasteiger partial charge in [-0.25, -0.2) is 4.98 Å². The van der Waals surface area contributed by atoms with E-state index in [0.29, 0.717) is 0 Å². The zero-order chi connectivity index (χ0) is 9.97. The predicted octanol–water partition coefficient (Wildman–Crippen LogP) is 1.52. The predicted molar refractivity (Wildman–Crippen MR) is 56.3 cm³/mol. The minimum atomic E-state index is 0.170. The smallest absolute Gasteiger partial charge is 0.223 e. The van der Waals surface area contributed by atoms with Gasteiger partial charge in [0.1, 0.15) is 0 Å². The molecule has 0 bridgehead atoms. The topological polar surface area (TPSA) is 42.0 Å². The third kappa shape index (κ3) is 2.12. The second-order valence-electron chi connectivity index (χ2n) is 3.68. The Morgan fingerprint density at radius 3 is 3.21 bits per heavy atom. The minimum Gasteiger partial charge on any atom is -0.356 e. The van der Waals surface area contributed by atoms with Gasteiger partial charge in [0.25, 0.3) is 0 Å². The minimum absolute atomic E-state index is 0.170. The maximum absolute atomic E-state index is 11.5. The summed E-state index contributed by atoms with van der Waals surface area (Å²) in [5, 5.41) is 3.98. The number of aromatic nitrogens is 1. The van der Waals surface area contributed by atoms with E-state index in [9.17, 15) is 4.79 Å². The lowest BCUT2D eigenvalue weighted by Gasteiger charge is -2.20. The van der Waals surface area contributed by atoms with Crippen LogP contribution >= 0.6 is 11.3 Å². The molecule has 4 heteroatoms. The SMILES string of the molecule is Cc1ncc(CC2CCCNC2=O)s1. The van der Waals surface area contributed by atoms with Gasteiger partial charge < -0.3 is 5.32 Å². The second-order valence-corrected chi connectivity index (χ2v) is 5.00. The first-order valence-corrected chi connectivity index (χ1v) is 5.76. The number of carbonyl (C=O) groups is 1. The molecule has 1 fully saturated rings. The molecule has 0 aliphatic carbocycles. The van der Waals surface area contributed by atoms with Crippen LogP contribution in [0.1, 0.15) is 22.7 Å². The third-order valence-electron chi connectivity index (χ3n) is 2.52. The van der Waals surface area contributed by atoms with Gasteiger partial charge in [-0.3, -0.25) is 4.79 Å². The highest BCUT2D eigenvalue weighted by atomic mass is 32.1. The van der Waals surface area contributed by atoms with Gasteiger partial charge >= 0.3 is 0 Å². The fraction of sp³-hybridized carbons (Fsp3) is 0.600. The third-order valence-corrected chi connectivity index (χ3v) is 3.45. The molecule has 1 atom stereocenters. The lowest BCUT2D eigenvalue weighted by molar-refractivity contribution is -0.126. The van der Waals surface area contributed by atoms with Crippen LogP contribution in [0.25, 0.3) is 0 Å². The summed E-state index contributed by atoms with van der Waals surface area (Å²) in [5.41, 5.74) is 0. The maximum Gasteiger partial charge on any atom is 0.223 e. The molecular weight excluding hydrogens is 196 g/mol. The number of hydrogen-bond donors (Lipinski definition) is 1. The van der Waals surface area contributed by atoms with Crippen molar-refractivity contribution in [1.82, 2.24) is 10.3 Å². The number of nitrogens with one attached hydrogen (secondary N) is 1. The zero-order valence-electron chi connectivity index (χ0n) is 8.25. The Morgan fingerprint density at radius 2 is 2.57 bits per heavy atom. The maximum atomic E-state index is 11.5. The molecular formula is C10H14N2OS. The van der Waals surface area contributed by atoms with E-state index in [-0.39, 0.29) is 11.8 Å². The van der Waals surface area contributed by atoms with E-state index in [1.165, 1.54) is 4.88 Å². The number of aryl methyl sites for hydroxylation is 1. The molecule has 0 aromatic carbocycles. The van der Waals surface area contributed by atoms with Gasteiger partial charge in [-0.1, -0.05) is 0 Å². The summed E-state index contributed by atoms with van der Waals surface area (Å²) >= 11 is 1.69. The van der Waals surface area contributed by atoms with Crippen molar-refractivity contribution in [2.75, 3.05) is 6.54 Å². The summed E-state index contributed by atoms with van der Waals surface area (Å²) in [6.07, 6.45) is 4.87. The monoisotopic (exact) mass is 210 g/mol. The fourth-order valence-corrected chi connectivity index (χ4v) is 2.65. The fourth-order valence-electron chi connectivity index (χ4n) is 1.77. The first kappa shape index (κ1) is 9.65. The van der Waals surface area contributed by atoms with Crippen molar-refractivity contribution in [2.45, 2.75) is 26.2 Å². The van der Waals surface area contributed by atoms with Crippen LogP contribution in [0.3, 0.4) is 0 Å². The van der Waals surface area contributed by atoms with E-state index < -0.39 is 0 Å². The van der Waals surface area contributed by atoms with Crippen LogP contribution in [0.5, 0.6) is 0 Å². The van der Waals surface area contributed by atoms with E-state index in [4.69, 9.17) is 0 Å². The molecule has 1 saturated heterocycles. The van der Waals surface area contributed by atoms with Crippen molar-refractivity contribution in [3.05, 3.63) is 16.1 Å². The van der Waals surface area contributed by atoms with Gasteiger partial charge in [0, 0.05) is 23.5 Å². The van der Waals surface area contributed by atoms with Crippen molar-refractivity contribution in [3.63, 3.8) is 0 Å². The average molecular weight is 210 g/mol. The van der Waals surface area contributed by atoms with Gasteiger partial charge in [-0.2, -0.15) is 0 Å². The van der Waals surface area contributed by atoms with Crippen molar-refractivity contribution >= 4 is 17.2 Å². The van der Waals surface area contributed by atoms with Gasteiger partial charge in [0.05, 0.1) is 5.01 Å². The molecule has 1 aliphatic rings. The van der Waals surface area contributed by atoms with Crippen molar-refractivity contribution in [3.8, 4) is 0 Å². The number of carbonyl (C=O) groups excluding carboxylic acids is 1. The van der Waals surface area contributed by atoms with Crippen LogP contribution in [-0.4, -0.2) is 17.4 Å². The van der Waals surface area contributed by atoms with Gasteiger partial charge in [0.2, 0.25) is 5.91 Å². The van der Waals surface area contributed by atoms with Crippen molar-refractivity contribution in [2.24, 2.45) is 5.92 Å². The summed E-state index contributed by atoms with van der Waals surface area (Å²) in [6.45, 7) is 2.84. The first-order chi connectivity index (χ1) is 6.75. The van der Waals surface area contributed by atoms with Crippen LogP contribution in [0, 0.1) is 12.8 Å². The molecule has 1 unspecified atom stereocenters. The molecule has 2 rings (SSSR count). The highest BCUT2D eigenvalue weighted by molar-refractivity contribution is 7.11. The molecule has 1 aromatic heterocycles. The quantitative estimate of drug-likeness (QED) is 0.804. The number of nitrogens with zero attached hydrogens (tertiary/aromatic N) is 1. The van der Waals surface area contributed by atoms with Gasteiger partial charge in [-0.05, 0) is 26.2 Å². The average Bonchev–Trinajstić information content (AvgIpc) is 2.56. The Balaban J connectivity index is 1.99. The molecule has 76 valence electrons. The Morgan fingerprint density at radius 1 is 1.71 bits per heavy atom. The van der Waals surface area contributed by atoms with E-state index in [2.05, 4.69) is 10.3 Å². The number of rotatable bonds is 2. The lowest BCUT2D eigenvalue weighted by atomic mass is 9.95. The first-order valence-electron chi connectivity index (χ1n) is 4.95. The van der Waals surface area contributed by atoms with Crippen LogP contribution in [0.15, 0.2) is 6.20 Å². The molecule has 1 amide bonds. The lowest BCUT2D eigenvalue weighted by Crippen LogP contribution is -2.37. The molecule has 3 nitrogen and oxygen atoms in total. The van der Waals surface area contributed by atoms with Gasteiger partial charge in [0.15, 0.2) is 0 Å². The van der Waals surface area contributed by atoms with E-state index in [0.717, 1.165) is 30.8 Å². The normalized spacial score (nSPS) is 22.1. The molecule has 1 aliphatic heterocycles. The number of hydrogen-bond acceptors (Lipinski definition) is 3. The van der Waals surface area contributed by atoms with Crippen LogP contribution in [0.2, 0.25) is 0 Å². The number of thiazole rings is 1. The zero-order valence-corrected chi connectivity index (χ0v) is 9.06. The van der Waals surface area contributed by atoms with Crippen LogP contribution in [0.4, 0.5) is 0 Å². The van der Waals surface area contributed by atoms with E-state index in [1.807, 2.05) is 13.1 Å². The van der Waals surface area contributed by atoms with Crippen molar-refractivity contribution < 1.29 is 4.79 Å². The van der Waals surface area contributed by atoms with E-state index in [1.54, 1.807) is 11.3 Å². The molecule has 1 N–H and O–H groups in total. The summed E-state index contributed by atoms with van der Waals surface area (Å²) < 4.78 is 0. The van der Waals surface area contributed by atoms with Crippen LogP contribution < -0.4 is 5.32 Å². The Labute approximate surface area is 87.6 Å². The van der Waals surface area contributed by atoms with Gasteiger partial charge in [-0.15, -0.1) is 11.3 Å². The summed E-state index contributed by atoms with van der Waals surface area (Å²) in [7, 11) is 0. The van der Waals surface area contributed by atoms with E-state index >= 15 is 0 Å². The highest BCUT2D eigenvalue weighted by Gasteiger charge is 2.22.